The highest BCUT2D eigenvalue weighted by molar-refractivity contribution is 5.78. The van der Waals surface area contributed by atoms with Crippen LogP contribution in [0.3, 0.4) is 0 Å². The predicted octanol–water partition coefficient (Wildman–Crippen LogP) is 2.77. The molecule has 0 bridgehead atoms. The Morgan fingerprint density at radius 3 is 1.62 bits per heavy atom. The summed E-state index contributed by atoms with van der Waals surface area (Å²) in [5.41, 5.74) is 5.25. The molecule has 4 rings (SSSR count). The van der Waals surface area contributed by atoms with Gasteiger partial charge in [-0.25, -0.2) is 0 Å². The summed E-state index contributed by atoms with van der Waals surface area (Å²) in [6, 6.07) is 17.1. The molecule has 1 amide bonds. The van der Waals surface area contributed by atoms with Crippen LogP contribution in [0.2, 0.25) is 0 Å². The van der Waals surface area contributed by atoms with Gasteiger partial charge in [0, 0.05) is 63.7 Å². The molecule has 0 unspecified atom stereocenters. The normalized spacial score (nSPS) is 18.2. The number of aryl methyl sites for hydroxylation is 2. The summed E-state index contributed by atoms with van der Waals surface area (Å²) in [6.45, 7) is 12.2. The van der Waals surface area contributed by atoms with Gasteiger partial charge < -0.3 is 14.7 Å². The van der Waals surface area contributed by atoms with Crippen LogP contribution in [0, 0.1) is 13.8 Å². The quantitative estimate of drug-likeness (QED) is 0.800. The molecular weight excluding hydrogens is 360 g/mol. The third-order valence-corrected chi connectivity index (χ3v) is 6.28. The molecule has 2 fully saturated rings. The third-order valence-electron chi connectivity index (χ3n) is 6.28. The highest BCUT2D eigenvalue weighted by atomic mass is 16.2. The fourth-order valence-electron chi connectivity index (χ4n) is 4.47. The van der Waals surface area contributed by atoms with Crippen molar-refractivity contribution in [2.24, 2.45) is 0 Å². The molecule has 0 spiro atoms. The number of hydrogen-bond acceptors (Lipinski definition) is 4. The Morgan fingerprint density at radius 2 is 1.14 bits per heavy atom. The van der Waals surface area contributed by atoms with Gasteiger partial charge in [-0.15, -0.1) is 0 Å². The smallest absolute Gasteiger partial charge is 0.236 e. The maximum absolute atomic E-state index is 12.8. The standard InChI is InChI=1S/C24H32N4O/c1-20-7-3-5-9-22(20)26-13-11-25(12-14-26)19-24(29)28-17-15-27(16-18-28)23-10-6-4-8-21(23)2/h3-10H,11-19H2,1-2H3. The fraction of sp³-hybridized carbons (Fsp3) is 0.458. The molecule has 0 N–H and O–H groups in total. The number of para-hydroxylation sites is 2. The Kier molecular flexibility index (Phi) is 6.05. The summed E-state index contributed by atoms with van der Waals surface area (Å²) in [5, 5.41) is 0. The van der Waals surface area contributed by atoms with E-state index < -0.39 is 0 Å². The molecular formula is C24H32N4O. The number of benzene rings is 2. The Morgan fingerprint density at radius 1 is 0.690 bits per heavy atom. The monoisotopic (exact) mass is 392 g/mol. The minimum Gasteiger partial charge on any atom is -0.369 e. The zero-order chi connectivity index (χ0) is 20.2. The van der Waals surface area contributed by atoms with Crippen molar-refractivity contribution < 1.29 is 4.79 Å². The van der Waals surface area contributed by atoms with E-state index in [0.717, 1.165) is 52.4 Å². The van der Waals surface area contributed by atoms with E-state index in [2.05, 4.69) is 77.1 Å². The van der Waals surface area contributed by atoms with E-state index >= 15 is 0 Å². The summed E-state index contributed by atoms with van der Waals surface area (Å²) >= 11 is 0. The van der Waals surface area contributed by atoms with E-state index in [1.54, 1.807) is 0 Å². The lowest BCUT2D eigenvalue weighted by molar-refractivity contribution is -0.132. The molecule has 2 aromatic carbocycles. The lowest BCUT2D eigenvalue weighted by Crippen LogP contribution is -2.54. The SMILES string of the molecule is Cc1ccccc1N1CCN(CC(=O)N2CCN(c3ccccc3C)CC2)CC1. The first-order chi connectivity index (χ1) is 14.1. The van der Waals surface area contributed by atoms with Crippen molar-refractivity contribution in [1.29, 1.82) is 0 Å². The van der Waals surface area contributed by atoms with Gasteiger partial charge in [-0.1, -0.05) is 36.4 Å². The van der Waals surface area contributed by atoms with E-state index in [1.165, 1.54) is 22.5 Å². The third kappa shape index (κ3) is 4.56. The van der Waals surface area contributed by atoms with E-state index in [0.29, 0.717) is 6.54 Å². The molecule has 0 atom stereocenters. The van der Waals surface area contributed by atoms with Crippen LogP contribution in [0.1, 0.15) is 11.1 Å². The lowest BCUT2D eigenvalue weighted by Gasteiger charge is -2.39. The van der Waals surface area contributed by atoms with Gasteiger partial charge in [0.05, 0.1) is 6.54 Å². The first-order valence-corrected chi connectivity index (χ1v) is 10.7. The van der Waals surface area contributed by atoms with Crippen LogP contribution in [0.5, 0.6) is 0 Å². The number of carbonyl (C=O) groups is 1. The Balaban J connectivity index is 1.25. The van der Waals surface area contributed by atoms with Crippen LogP contribution in [0.4, 0.5) is 11.4 Å². The molecule has 5 nitrogen and oxygen atoms in total. The van der Waals surface area contributed by atoms with Crippen LogP contribution in [-0.2, 0) is 4.79 Å². The van der Waals surface area contributed by atoms with Gasteiger partial charge in [0.1, 0.15) is 0 Å². The number of amides is 1. The molecule has 154 valence electrons. The number of carbonyl (C=O) groups excluding carboxylic acids is 1. The minimum absolute atomic E-state index is 0.277. The lowest BCUT2D eigenvalue weighted by atomic mass is 10.1. The van der Waals surface area contributed by atoms with Crippen molar-refractivity contribution >= 4 is 17.3 Å². The van der Waals surface area contributed by atoms with Crippen LogP contribution < -0.4 is 9.80 Å². The number of hydrogen-bond donors (Lipinski definition) is 0. The Labute approximate surface area is 174 Å². The van der Waals surface area contributed by atoms with E-state index in [9.17, 15) is 4.79 Å². The highest BCUT2D eigenvalue weighted by Gasteiger charge is 2.25. The van der Waals surface area contributed by atoms with Crippen molar-refractivity contribution in [3.05, 3.63) is 59.7 Å². The first-order valence-electron chi connectivity index (χ1n) is 10.7. The van der Waals surface area contributed by atoms with Gasteiger partial charge in [0.15, 0.2) is 0 Å². The maximum atomic E-state index is 12.8. The molecule has 0 aliphatic carbocycles. The highest BCUT2D eigenvalue weighted by Crippen LogP contribution is 2.22. The summed E-state index contributed by atoms with van der Waals surface area (Å²) < 4.78 is 0. The zero-order valence-corrected chi connectivity index (χ0v) is 17.7. The Bertz CT molecular complexity index is 836. The second-order valence-electron chi connectivity index (χ2n) is 8.20. The van der Waals surface area contributed by atoms with Crippen LogP contribution in [0.15, 0.2) is 48.5 Å². The van der Waals surface area contributed by atoms with Crippen LogP contribution in [0.25, 0.3) is 0 Å². The van der Waals surface area contributed by atoms with E-state index in [4.69, 9.17) is 0 Å². The largest absolute Gasteiger partial charge is 0.369 e. The van der Waals surface area contributed by atoms with Gasteiger partial charge in [0.25, 0.3) is 0 Å². The molecule has 2 saturated heterocycles. The molecule has 0 aromatic heterocycles. The van der Waals surface area contributed by atoms with E-state index in [-0.39, 0.29) is 5.91 Å². The summed E-state index contributed by atoms with van der Waals surface area (Å²) in [6.07, 6.45) is 0. The van der Waals surface area contributed by atoms with E-state index in [1.807, 2.05) is 4.90 Å². The zero-order valence-electron chi connectivity index (χ0n) is 17.7. The van der Waals surface area contributed by atoms with Crippen LogP contribution in [-0.4, -0.2) is 74.6 Å². The van der Waals surface area contributed by atoms with Crippen molar-refractivity contribution in [3.8, 4) is 0 Å². The predicted molar refractivity (Wildman–Crippen MR) is 120 cm³/mol. The molecule has 2 heterocycles. The van der Waals surface area contributed by atoms with Gasteiger partial charge in [0.2, 0.25) is 5.91 Å². The molecule has 0 saturated carbocycles. The molecule has 0 radical (unpaired) electrons. The number of anilines is 2. The topological polar surface area (TPSA) is 30.0 Å². The van der Waals surface area contributed by atoms with Crippen molar-refractivity contribution in [1.82, 2.24) is 9.80 Å². The van der Waals surface area contributed by atoms with Crippen molar-refractivity contribution in [3.63, 3.8) is 0 Å². The molecule has 2 aromatic rings. The van der Waals surface area contributed by atoms with Gasteiger partial charge in [-0.2, -0.15) is 0 Å². The summed E-state index contributed by atoms with van der Waals surface area (Å²) in [7, 11) is 0. The van der Waals surface area contributed by atoms with Gasteiger partial charge >= 0.3 is 0 Å². The number of nitrogens with zero attached hydrogens (tertiary/aromatic N) is 4. The Hall–Kier alpha value is -2.53. The van der Waals surface area contributed by atoms with Crippen LogP contribution >= 0.6 is 0 Å². The van der Waals surface area contributed by atoms with Crippen molar-refractivity contribution in [2.75, 3.05) is 68.7 Å². The average Bonchev–Trinajstić information content (AvgIpc) is 2.75. The van der Waals surface area contributed by atoms with Crippen molar-refractivity contribution in [2.45, 2.75) is 13.8 Å². The maximum Gasteiger partial charge on any atom is 0.236 e. The average molecular weight is 393 g/mol. The molecule has 5 heteroatoms. The summed E-state index contributed by atoms with van der Waals surface area (Å²) in [5.74, 6) is 0.277. The molecule has 29 heavy (non-hydrogen) atoms. The number of rotatable bonds is 4. The molecule has 2 aliphatic rings. The van der Waals surface area contributed by atoms with Gasteiger partial charge in [-0.3, -0.25) is 9.69 Å². The second-order valence-corrected chi connectivity index (χ2v) is 8.20. The van der Waals surface area contributed by atoms with Gasteiger partial charge in [-0.05, 0) is 37.1 Å². The molecule has 2 aliphatic heterocycles. The second kappa shape index (κ2) is 8.87. The summed E-state index contributed by atoms with van der Waals surface area (Å²) in [4.78, 5) is 22.0. The fourth-order valence-corrected chi connectivity index (χ4v) is 4.47. The minimum atomic E-state index is 0.277. The first kappa shape index (κ1) is 19.8. The number of piperazine rings is 2.